The average Bonchev–Trinajstić information content (AvgIpc) is 2.17. The van der Waals surface area contributed by atoms with Crippen molar-refractivity contribution >= 4 is 0 Å². The van der Waals surface area contributed by atoms with Gasteiger partial charge in [0, 0.05) is 37.8 Å². The van der Waals surface area contributed by atoms with Crippen molar-refractivity contribution in [2.45, 2.75) is 38.8 Å². The second kappa shape index (κ2) is 4.60. The third-order valence-corrected chi connectivity index (χ3v) is 3.67. The Labute approximate surface area is 88.2 Å². The highest BCUT2D eigenvalue weighted by Gasteiger charge is 2.33. The van der Waals surface area contributed by atoms with Gasteiger partial charge in [-0.2, -0.15) is 0 Å². The lowest BCUT2D eigenvalue weighted by atomic mass is 9.90. The van der Waals surface area contributed by atoms with E-state index < -0.39 is 0 Å². The first-order chi connectivity index (χ1) is 6.48. The molecule has 1 fully saturated rings. The zero-order valence-corrected chi connectivity index (χ0v) is 10.1. The first kappa shape index (κ1) is 12.0. The average molecular weight is 199 g/mol. The summed E-state index contributed by atoms with van der Waals surface area (Å²) in [6.45, 7) is 11.3. The predicted octanol–water partition coefficient (Wildman–Crippen LogP) is 0.750. The number of hydrogen-bond acceptors (Lipinski definition) is 3. The van der Waals surface area contributed by atoms with Crippen LogP contribution in [0.4, 0.5) is 0 Å². The molecule has 1 saturated heterocycles. The van der Waals surface area contributed by atoms with E-state index in [1.165, 1.54) is 13.1 Å². The minimum absolute atomic E-state index is 0.149. The van der Waals surface area contributed by atoms with Gasteiger partial charge in [0.15, 0.2) is 0 Å². The van der Waals surface area contributed by atoms with Gasteiger partial charge in [0.1, 0.15) is 0 Å². The predicted molar refractivity (Wildman–Crippen MR) is 61.4 cm³/mol. The molecule has 0 aromatic heterocycles. The fourth-order valence-electron chi connectivity index (χ4n) is 2.12. The molecule has 14 heavy (non-hydrogen) atoms. The molecule has 0 aliphatic carbocycles. The Morgan fingerprint density at radius 1 is 1.21 bits per heavy atom. The Morgan fingerprint density at radius 2 is 1.71 bits per heavy atom. The molecule has 0 aromatic carbocycles. The lowest BCUT2D eigenvalue weighted by Gasteiger charge is -2.46. The number of piperazine rings is 1. The molecular weight excluding hydrogens is 174 g/mol. The maximum Gasteiger partial charge on any atom is 0.0305 e. The first-order valence-corrected chi connectivity index (χ1v) is 5.67. The van der Waals surface area contributed by atoms with E-state index in [1.54, 1.807) is 0 Å². The molecule has 0 amide bonds. The number of nitrogens with zero attached hydrogens (tertiary/aromatic N) is 2. The molecule has 84 valence electrons. The van der Waals surface area contributed by atoms with Crippen molar-refractivity contribution in [1.82, 2.24) is 9.80 Å². The monoisotopic (exact) mass is 199 g/mol. The van der Waals surface area contributed by atoms with Gasteiger partial charge in [-0.3, -0.25) is 4.90 Å². The molecule has 1 rings (SSSR count). The summed E-state index contributed by atoms with van der Waals surface area (Å²) in [6.07, 6.45) is 1.05. The van der Waals surface area contributed by atoms with Crippen LogP contribution in [0.5, 0.6) is 0 Å². The molecule has 0 spiro atoms. The number of likely N-dealkylation sites (N-methyl/N-ethyl adjacent to an activating group) is 1. The lowest BCUT2D eigenvalue weighted by molar-refractivity contribution is 0.0447. The summed E-state index contributed by atoms with van der Waals surface area (Å²) in [7, 11) is 2.18. The third-order valence-electron chi connectivity index (χ3n) is 3.67. The van der Waals surface area contributed by atoms with Gasteiger partial charge >= 0.3 is 0 Å². The quantitative estimate of drug-likeness (QED) is 0.728. The standard InChI is InChI=1S/C11H25N3/c1-5-10(12)11(2,3)14-8-6-13(4)7-9-14/h10H,5-9,12H2,1-4H3. The van der Waals surface area contributed by atoms with Gasteiger partial charge in [-0.25, -0.2) is 0 Å². The molecule has 1 aliphatic rings. The highest BCUT2D eigenvalue weighted by molar-refractivity contribution is 4.92. The van der Waals surface area contributed by atoms with E-state index in [0.29, 0.717) is 0 Å². The highest BCUT2D eigenvalue weighted by atomic mass is 15.3. The highest BCUT2D eigenvalue weighted by Crippen LogP contribution is 2.21. The van der Waals surface area contributed by atoms with E-state index in [2.05, 4.69) is 37.6 Å². The fourth-order valence-corrected chi connectivity index (χ4v) is 2.12. The van der Waals surface area contributed by atoms with Crippen molar-refractivity contribution in [3.63, 3.8) is 0 Å². The second-order valence-corrected chi connectivity index (χ2v) is 4.96. The Hall–Kier alpha value is -0.120. The van der Waals surface area contributed by atoms with Crippen molar-refractivity contribution in [1.29, 1.82) is 0 Å². The van der Waals surface area contributed by atoms with E-state index in [1.807, 2.05) is 0 Å². The van der Waals surface area contributed by atoms with Crippen molar-refractivity contribution in [3.8, 4) is 0 Å². The smallest absolute Gasteiger partial charge is 0.0305 e. The van der Waals surface area contributed by atoms with E-state index in [4.69, 9.17) is 5.73 Å². The van der Waals surface area contributed by atoms with Crippen LogP contribution < -0.4 is 5.73 Å². The molecule has 1 unspecified atom stereocenters. The molecule has 2 N–H and O–H groups in total. The van der Waals surface area contributed by atoms with Gasteiger partial charge in [0.05, 0.1) is 0 Å². The van der Waals surface area contributed by atoms with Crippen molar-refractivity contribution in [3.05, 3.63) is 0 Å². The summed E-state index contributed by atoms with van der Waals surface area (Å²) in [5.41, 5.74) is 6.31. The summed E-state index contributed by atoms with van der Waals surface area (Å²) >= 11 is 0. The van der Waals surface area contributed by atoms with Gasteiger partial charge < -0.3 is 10.6 Å². The zero-order chi connectivity index (χ0) is 10.8. The van der Waals surface area contributed by atoms with Crippen LogP contribution in [0.25, 0.3) is 0 Å². The number of nitrogens with two attached hydrogens (primary N) is 1. The van der Waals surface area contributed by atoms with Crippen LogP contribution in [-0.2, 0) is 0 Å². The van der Waals surface area contributed by atoms with Crippen molar-refractivity contribution < 1.29 is 0 Å². The minimum Gasteiger partial charge on any atom is -0.326 e. The van der Waals surface area contributed by atoms with Crippen LogP contribution in [0.3, 0.4) is 0 Å². The summed E-state index contributed by atoms with van der Waals surface area (Å²) in [6, 6.07) is 0.283. The maximum atomic E-state index is 6.16. The van der Waals surface area contributed by atoms with Crippen molar-refractivity contribution in [2.24, 2.45) is 5.73 Å². The van der Waals surface area contributed by atoms with E-state index in [-0.39, 0.29) is 11.6 Å². The Balaban J connectivity index is 2.54. The molecule has 0 aromatic rings. The molecule has 3 heteroatoms. The molecule has 0 bridgehead atoms. The van der Waals surface area contributed by atoms with Crippen LogP contribution in [0.1, 0.15) is 27.2 Å². The van der Waals surface area contributed by atoms with Crippen LogP contribution in [0.2, 0.25) is 0 Å². The molecule has 1 atom stereocenters. The lowest BCUT2D eigenvalue weighted by Crippen LogP contribution is -2.60. The third kappa shape index (κ3) is 2.47. The zero-order valence-electron chi connectivity index (χ0n) is 10.1. The maximum absolute atomic E-state index is 6.16. The topological polar surface area (TPSA) is 32.5 Å². The largest absolute Gasteiger partial charge is 0.326 e. The van der Waals surface area contributed by atoms with Crippen LogP contribution in [0.15, 0.2) is 0 Å². The van der Waals surface area contributed by atoms with Gasteiger partial charge in [0.2, 0.25) is 0 Å². The molecule has 1 heterocycles. The van der Waals surface area contributed by atoms with E-state index in [0.717, 1.165) is 19.5 Å². The summed E-state index contributed by atoms with van der Waals surface area (Å²) < 4.78 is 0. The Bertz CT molecular complexity index is 171. The minimum atomic E-state index is 0.149. The first-order valence-electron chi connectivity index (χ1n) is 5.67. The van der Waals surface area contributed by atoms with Crippen LogP contribution in [0, 0.1) is 0 Å². The molecule has 1 aliphatic heterocycles. The SMILES string of the molecule is CCC(N)C(C)(C)N1CCN(C)CC1. The van der Waals surface area contributed by atoms with E-state index in [9.17, 15) is 0 Å². The van der Waals surface area contributed by atoms with Crippen LogP contribution >= 0.6 is 0 Å². The fraction of sp³-hybridized carbons (Fsp3) is 1.00. The molecular formula is C11H25N3. The van der Waals surface area contributed by atoms with Crippen LogP contribution in [-0.4, -0.2) is 54.6 Å². The summed E-state index contributed by atoms with van der Waals surface area (Å²) in [5, 5.41) is 0. The van der Waals surface area contributed by atoms with Gasteiger partial charge in [-0.1, -0.05) is 6.92 Å². The molecule has 0 saturated carbocycles. The summed E-state index contributed by atoms with van der Waals surface area (Å²) in [5.74, 6) is 0. The number of hydrogen-bond donors (Lipinski definition) is 1. The van der Waals surface area contributed by atoms with Crippen molar-refractivity contribution in [2.75, 3.05) is 33.2 Å². The van der Waals surface area contributed by atoms with Gasteiger partial charge in [-0.15, -0.1) is 0 Å². The Kier molecular flexibility index (Phi) is 3.93. The number of rotatable bonds is 3. The van der Waals surface area contributed by atoms with Gasteiger partial charge in [0.25, 0.3) is 0 Å². The Morgan fingerprint density at radius 3 is 2.14 bits per heavy atom. The normalized spacial score (nSPS) is 23.8. The second-order valence-electron chi connectivity index (χ2n) is 4.96. The molecule has 0 radical (unpaired) electrons. The molecule has 3 nitrogen and oxygen atoms in total. The summed E-state index contributed by atoms with van der Waals surface area (Å²) in [4.78, 5) is 4.91. The van der Waals surface area contributed by atoms with Gasteiger partial charge in [-0.05, 0) is 27.3 Å². The van der Waals surface area contributed by atoms with E-state index >= 15 is 0 Å².